The van der Waals surface area contributed by atoms with Crippen molar-refractivity contribution in [2.75, 3.05) is 11.9 Å². The van der Waals surface area contributed by atoms with E-state index in [-0.39, 0.29) is 12.2 Å². The van der Waals surface area contributed by atoms with E-state index < -0.39 is 10.5 Å². The number of hydrogen-bond donors (Lipinski definition) is 2. The van der Waals surface area contributed by atoms with Gasteiger partial charge in [-0.1, -0.05) is 31.5 Å². The van der Waals surface area contributed by atoms with Gasteiger partial charge in [0, 0.05) is 11.9 Å². The van der Waals surface area contributed by atoms with Crippen molar-refractivity contribution in [3.8, 4) is 0 Å². The Morgan fingerprint density at radius 3 is 2.81 bits per heavy atom. The van der Waals surface area contributed by atoms with Crippen LogP contribution >= 0.6 is 0 Å². The van der Waals surface area contributed by atoms with Gasteiger partial charge in [-0.2, -0.15) is 0 Å². The van der Waals surface area contributed by atoms with Crippen LogP contribution in [0.15, 0.2) is 30.5 Å². The van der Waals surface area contributed by atoms with E-state index in [9.17, 15) is 15.2 Å². The molecule has 2 N–H and O–H groups in total. The first-order chi connectivity index (χ1) is 9.94. The van der Waals surface area contributed by atoms with Crippen LogP contribution in [-0.2, 0) is 0 Å². The molecule has 0 spiro atoms. The summed E-state index contributed by atoms with van der Waals surface area (Å²) in [7, 11) is 0. The van der Waals surface area contributed by atoms with Crippen LogP contribution < -0.4 is 5.32 Å². The predicted octanol–water partition coefficient (Wildman–Crippen LogP) is 3.11. The first-order valence-electron chi connectivity index (χ1n) is 6.93. The molecule has 0 aliphatic carbocycles. The van der Waals surface area contributed by atoms with Gasteiger partial charge in [0.15, 0.2) is 0 Å². The first kappa shape index (κ1) is 15.2. The van der Waals surface area contributed by atoms with Crippen LogP contribution in [0.25, 0.3) is 10.9 Å². The number of benzene rings is 1. The van der Waals surface area contributed by atoms with Crippen LogP contribution in [0.1, 0.15) is 26.7 Å². The molecule has 112 valence electrons. The van der Waals surface area contributed by atoms with E-state index in [0.29, 0.717) is 23.0 Å². The van der Waals surface area contributed by atoms with Crippen LogP contribution in [0.4, 0.5) is 11.4 Å². The van der Waals surface area contributed by atoms with E-state index in [2.05, 4.69) is 10.3 Å². The van der Waals surface area contributed by atoms with Gasteiger partial charge < -0.3 is 10.4 Å². The summed E-state index contributed by atoms with van der Waals surface area (Å²) < 4.78 is 0. The number of pyridine rings is 1. The van der Waals surface area contributed by atoms with Crippen LogP contribution in [0.5, 0.6) is 0 Å². The summed E-state index contributed by atoms with van der Waals surface area (Å²) in [6.45, 7) is 3.95. The van der Waals surface area contributed by atoms with Crippen molar-refractivity contribution in [1.82, 2.24) is 4.98 Å². The maximum Gasteiger partial charge on any atom is 0.311 e. The SMILES string of the molecule is CCCC(C)(O)CNc1c([N+](=O)[O-])cnc2ccccc12. The third-order valence-electron chi connectivity index (χ3n) is 3.39. The van der Waals surface area contributed by atoms with Gasteiger partial charge in [0.05, 0.1) is 16.0 Å². The Bertz CT molecular complexity index is 656. The minimum Gasteiger partial charge on any atom is -0.388 e. The summed E-state index contributed by atoms with van der Waals surface area (Å²) in [5.74, 6) is 0. The minimum atomic E-state index is -0.910. The number of anilines is 1. The van der Waals surface area contributed by atoms with Crippen molar-refractivity contribution >= 4 is 22.3 Å². The summed E-state index contributed by atoms with van der Waals surface area (Å²) in [6.07, 6.45) is 2.71. The lowest BCUT2D eigenvalue weighted by Crippen LogP contribution is -2.33. The van der Waals surface area contributed by atoms with Crippen molar-refractivity contribution in [3.05, 3.63) is 40.6 Å². The predicted molar refractivity (Wildman–Crippen MR) is 82.4 cm³/mol. The van der Waals surface area contributed by atoms with E-state index in [1.807, 2.05) is 19.1 Å². The number of aromatic nitrogens is 1. The van der Waals surface area contributed by atoms with Crippen LogP contribution in [0.3, 0.4) is 0 Å². The van der Waals surface area contributed by atoms with Gasteiger partial charge in [-0.25, -0.2) is 4.98 Å². The lowest BCUT2D eigenvalue weighted by molar-refractivity contribution is -0.384. The van der Waals surface area contributed by atoms with Crippen molar-refractivity contribution in [1.29, 1.82) is 0 Å². The highest BCUT2D eigenvalue weighted by atomic mass is 16.6. The molecular weight excluding hydrogens is 270 g/mol. The zero-order valence-corrected chi connectivity index (χ0v) is 12.2. The smallest absolute Gasteiger partial charge is 0.311 e. The summed E-state index contributed by atoms with van der Waals surface area (Å²) in [5.41, 5.74) is 0.0937. The molecule has 2 rings (SSSR count). The molecule has 6 heteroatoms. The fourth-order valence-electron chi connectivity index (χ4n) is 2.36. The Labute approximate surface area is 123 Å². The van der Waals surface area contributed by atoms with Crippen molar-refractivity contribution in [2.24, 2.45) is 0 Å². The third-order valence-corrected chi connectivity index (χ3v) is 3.39. The van der Waals surface area contributed by atoms with Crippen molar-refractivity contribution in [2.45, 2.75) is 32.3 Å². The molecule has 0 radical (unpaired) electrons. The van der Waals surface area contributed by atoms with Gasteiger partial charge in [0.25, 0.3) is 0 Å². The number of rotatable bonds is 6. The Balaban J connectivity index is 2.40. The van der Waals surface area contributed by atoms with E-state index in [0.717, 1.165) is 6.42 Å². The maximum atomic E-state index is 11.2. The van der Waals surface area contributed by atoms with E-state index in [1.54, 1.807) is 19.1 Å². The number of hydrogen-bond acceptors (Lipinski definition) is 5. The first-order valence-corrected chi connectivity index (χ1v) is 6.93. The molecule has 2 aromatic rings. The van der Waals surface area contributed by atoms with Gasteiger partial charge in [-0.15, -0.1) is 0 Å². The lowest BCUT2D eigenvalue weighted by atomic mass is 10.0. The third kappa shape index (κ3) is 3.46. The lowest BCUT2D eigenvalue weighted by Gasteiger charge is -2.23. The number of fused-ring (bicyclic) bond motifs is 1. The molecule has 21 heavy (non-hydrogen) atoms. The molecule has 1 unspecified atom stereocenters. The zero-order chi connectivity index (χ0) is 15.5. The fraction of sp³-hybridized carbons (Fsp3) is 0.400. The maximum absolute atomic E-state index is 11.2. The van der Waals surface area contributed by atoms with Gasteiger partial charge in [-0.05, 0) is 19.4 Å². The molecule has 0 saturated heterocycles. The van der Waals surface area contributed by atoms with E-state index in [4.69, 9.17) is 0 Å². The highest BCUT2D eigenvalue weighted by Crippen LogP contribution is 2.31. The molecule has 0 fully saturated rings. The molecule has 0 saturated carbocycles. The molecule has 1 heterocycles. The average Bonchev–Trinajstić information content (AvgIpc) is 2.44. The van der Waals surface area contributed by atoms with Crippen LogP contribution in [0.2, 0.25) is 0 Å². The summed E-state index contributed by atoms with van der Waals surface area (Å²) in [4.78, 5) is 14.8. The van der Waals surface area contributed by atoms with Crippen LogP contribution in [0, 0.1) is 10.1 Å². The normalized spacial score (nSPS) is 13.9. The van der Waals surface area contributed by atoms with Gasteiger partial charge in [-0.3, -0.25) is 10.1 Å². The summed E-state index contributed by atoms with van der Waals surface area (Å²) in [6, 6.07) is 7.22. The molecule has 1 aromatic heterocycles. The Morgan fingerprint density at radius 2 is 2.14 bits per heavy atom. The second kappa shape index (κ2) is 6.05. The number of nitro groups is 1. The Hall–Kier alpha value is -2.21. The largest absolute Gasteiger partial charge is 0.388 e. The minimum absolute atomic E-state index is 0.0824. The monoisotopic (exact) mass is 289 g/mol. The van der Waals surface area contributed by atoms with Crippen molar-refractivity contribution < 1.29 is 10.0 Å². The van der Waals surface area contributed by atoms with E-state index in [1.165, 1.54) is 6.20 Å². The Morgan fingerprint density at radius 1 is 1.43 bits per heavy atom. The Kier molecular flexibility index (Phi) is 4.37. The van der Waals surface area contributed by atoms with Gasteiger partial charge >= 0.3 is 5.69 Å². The molecule has 1 atom stereocenters. The standard InChI is InChI=1S/C15H19N3O3/c1-3-8-15(2,19)10-17-14-11-6-4-5-7-12(11)16-9-13(14)18(20)21/h4-7,9,19H,3,8,10H2,1-2H3,(H,16,17). The second-order valence-electron chi connectivity index (χ2n) is 5.39. The molecule has 0 bridgehead atoms. The number of nitrogens with one attached hydrogen (secondary N) is 1. The number of para-hydroxylation sites is 1. The average molecular weight is 289 g/mol. The quantitative estimate of drug-likeness (QED) is 0.630. The van der Waals surface area contributed by atoms with Crippen LogP contribution in [-0.4, -0.2) is 27.2 Å². The highest BCUT2D eigenvalue weighted by Gasteiger charge is 2.23. The molecule has 1 aromatic carbocycles. The zero-order valence-electron chi connectivity index (χ0n) is 12.2. The second-order valence-corrected chi connectivity index (χ2v) is 5.39. The fourth-order valence-corrected chi connectivity index (χ4v) is 2.36. The van der Waals surface area contributed by atoms with Gasteiger partial charge in [0.2, 0.25) is 0 Å². The van der Waals surface area contributed by atoms with E-state index >= 15 is 0 Å². The van der Waals surface area contributed by atoms with Gasteiger partial charge in [0.1, 0.15) is 11.9 Å². The molecule has 6 nitrogen and oxygen atoms in total. The molecule has 0 aliphatic heterocycles. The number of nitrogens with zero attached hydrogens (tertiary/aromatic N) is 2. The molecule has 0 amide bonds. The van der Waals surface area contributed by atoms with Crippen molar-refractivity contribution in [3.63, 3.8) is 0 Å². The summed E-state index contributed by atoms with van der Waals surface area (Å²) in [5, 5.41) is 25.1. The molecular formula is C15H19N3O3. The highest BCUT2D eigenvalue weighted by molar-refractivity contribution is 5.95. The molecule has 0 aliphatic rings. The topological polar surface area (TPSA) is 88.3 Å². The number of aliphatic hydroxyl groups is 1. The summed E-state index contributed by atoms with van der Waals surface area (Å²) >= 11 is 0.